The number of ether oxygens (including phenoxy) is 1. The average Bonchev–Trinajstić information content (AvgIpc) is 2.53. The summed E-state index contributed by atoms with van der Waals surface area (Å²) in [6.45, 7) is -0.303. The second-order valence-corrected chi connectivity index (χ2v) is 6.90. The molecule has 0 spiro atoms. The number of rotatable bonds is 5. The van der Waals surface area contributed by atoms with E-state index in [0.29, 0.717) is 12.8 Å². The lowest BCUT2D eigenvalue weighted by molar-refractivity contribution is -0.152. The van der Waals surface area contributed by atoms with E-state index in [1.807, 2.05) is 0 Å². The third kappa shape index (κ3) is 3.63. The van der Waals surface area contributed by atoms with Gasteiger partial charge in [-0.1, -0.05) is 18.2 Å². The van der Waals surface area contributed by atoms with Gasteiger partial charge in [-0.2, -0.15) is 4.31 Å². The summed E-state index contributed by atoms with van der Waals surface area (Å²) in [6.07, 6.45) is 1.76. The molecular weight excluding hydrogens is 308 g/mol. The Labute approximate surface area is 129 Å². The van der Waals surface area contributed by atoms with E-state index in [2.05, 4.69) is 0 Å². The minimum atomic E-state index is -3.78. The largest absolute Gasteiger partial charge is 0.454 e. The third-order valence-electron chi connectivity index (χ3n) is 3.43. The Hall–Kier alpha value is -1.93. The molecule has 7 nitrogen and oxygen atoms in total. The van der Waals surface area contributed by atoms with E-state index in [1.54, 1.807) is 18.2 Å². The van der Waals surface area contributed by atoms with Gasteiger partial charge in [0.1, 0.15) is 6.04 Å². The first kappa shape index (κ1) is 16.4. The van der Waals surface area contributed by atoms with Crippen LogP contribution in [-0.4, -0.2) is 43.8 Å². The van der Waals surface area contributed by atoms with Crippen molar-refractivity contribution >= 4 is 21.9 Å². The van der Waals surface area contributed by atoms with Crippen LogP contribution in [0.3, 0.4) is 0 Å². The summed E-state index contributed by atoms with van der Waals surface area (Å²) in [7, 11) is -3.78. The monoisotopic (exact) mass is 326 g/mol. The van der Waals surface area contributed by atoms with Crippen LogP contribution in [0.1, 0.15) is 19.3 Å². The first-order valence-electron chi connectivity index (χ1n) is 6.95. The Morgan fingerprint density at radius 1 is 1.23 bits per heavy atom. The molecule has 1 amide bonds. The topological polar surface area (TPSA) is 107 Å². The Kier molecular flexibility index (Phi) is 5.15. The lowest BCUT2D eigenvalue weighted by Gasteiger charge is -2.32. The molecule has 1 saturated heterocycles. The van der Waals surface area contributed by atoms with Gasteiger partial charge in [0, 0.05) is 6.54 Å². The van der Waals surface area contributed by atoms with Crippen LogP contribution < -0.4 is 5.73 Å². The molecular formula is C14H18N2O5S. The molecule has 0 saturated carbocycles. The Bertz CT molecular complexity index is 644. The standard InChI is InChI=1S/C14H18N2O5S/c15-13(17)10-21-14(18)12-8-4-5-9-16(12)22(19,20)11-6-2-1-3-7-11/h1-3,6-7,12H,4-5,8-10H2,(H2,15,17). The maximum absolute atomic E-state index is 12.7. The molecule has 1 unspecified atom stereocenters. The summed E-state index contributed by atoms with van der Waals surface area (Å²) < 4.78 is 31.3. The van der Waals surface area contributed by atoms with Gasteiger partial charge in [0.15, 0.2) is 6.61 Å². The zero-order chi connectivity index (χ0) is 16.2. The van der Waals surface area contributed by atoms with Crippen molar-refractivity contribution in [1.82, 2.24) is 4.31 Å². The highest BCUT2D eigenvalue weighted by Gasteiger charge is 2.38. The molecule has 0 radical (unpaired) electrons. The molecule has 0 aliphatic carbocycles. The summed E-state index contributed by atoms with van der Waals surface area (Å²) in [5.41, 5.74) is 4.93. The van der Waals surface area contributed by atoms with Gasteiger partial charge >= 0.3 is 5.97 Å². The summed E-state index contributed by atoms with van der Waals surface area (Å²) in [5.74, 6) is -1.51. The number of primary amides is 1. The maximum Gasteiger partial charge on any atom is 0.324 e. The second-order valence-electron chi connectivity index (χ2n) is 5.01. The molecule has 8 heteroatoms. The Balaban J connectivity index is 2.23. The molecule has 2 N–H and O–H groups in total. The van der Waals surface area contributed by atoms with E-state index in [9.17, 15) is 18.0 Å². The second kappa shape index (κ2) is 6.89. The van der Waals surface area contributed by atoms with Gasteiger partial charge in [0.2, 0.25) is 10.0 Å². The first-order valence-corrected chi connectivity index (χ1v) is 8.39. The van der Waals surface area contributed by atoms with Crippen molar-refractivity contribution in [2.45, 2.75) is 30.2 Å². The van der Waals surface area contributed by atoms with E-state index < -0.39 is 34.5 Å². The van der Waals surface area contributed by atoms with Crippen molar-refractivity contribution in [3.8, 4) is 0 Å². The van der Waals surface area contributed by atoms with Crippen LogP contribution in [-0.2, 0) is 24.3 Å². The number of piperidine rings is 1. The molecule has 1 aromatic rings. The zero-order valence-electron chi connectivity index (χ0n) is 12.0. The van der Waals surface area contributed by atoms with Gasteiger partial charge in [0.25, 0.3) is 5.91 Å². The third-order valence-corrected chi connectivity index (χ3v) is 5.35. The van der Waals surface area contributed by atoms with Crippen LogP contribution in [0, 0.1) is 0 Å². The van der Waals surface area contributed by atoms with Crippen molar-refractivity contribution in [3.05, 3.63) is 30.3 Å². The maximum atomic E-state index is 12.7. The fraction of sp³-hybridized carbons (Fsp3) is 0.429. The van der Waals surface area contributed by atoms with Crippen molar-refractivity contribution in [2.75, 3.05) is 13.2 Å². The molecule has 1 aliphatic rings. The lowest BCUT2D eigenvalue weighted by Crippen LogP contribution is -2.48. The molecule has 1 fully saturated rings. The fourth-order valence-corrected chi connectivity index (χ4v) is 4.06. The van der Waals surface area contributed by atoms with E-state index in [-0.39, 0.29) is 11.4 Å². The fourth-order valence-electron chi connectivity index (χ4n) is 2.39. The van der Waals surface area contributed by atoms with Crippen molar-refractivity contribution in [1.29, 1.82) is 0 Å². The van der Waals surface area contributed by atoms with Gasteiger partial charge in [-0.3, -0.25) is 9.59 Å². The predicted octanol–water partition coefficient (Wildman–Crippen LogP) is 0.258. The molecule has 22 heavy (non-hydrogen) atoms. The highest BCUT2D eigenvalue weighted by atomic mass is 32.2. The summed E-state index contributed by atoms with van der Waals surface area (Å²) in [4.78, 5) is 22.9. The van der Waals surface area contributed by atoms with Crippen LogP contribution in [0.15, 0.2) is 35.2 Å². The van der Waals surface area contributed by atoms with E-state index >= 15 is 0 Å². The van der Waals surface area contributed by atoms with Crippen LogP contribution in [0.4, 0.5) is 0 Å². The van der Waals surface area contributed by atoms with E-state index in [0.717, 1.165) is 10.7 Å². The van der Waals surface area contributed by atoms with Crippen molar-refractivity contribution < 1.29 is 22.7 Å². The van der Waals surface area contributed by atoms with Gasteiger partial charge in [-0.05, 0) is 31.4 Å². The highest BCUT2D eigenvalue weighted by molar-refractivity contribution is 7.89. The van der Waals surface area contributed by atoms with Crippen LogP contribution in [0.25, 0.3) is 0 Å². The van der Waals surface area contributed by atoms with Gasteiger partial charge < -0.3 is 10.5 Å². The van der Waals surface area contributed by atoms with Crippen molar-refractivity contribution in [3.63, 3.8) is 0 Å². The van der Waals surface area contributed by atoms with Crippen LogP contribution in [0.2, 0.25) is 0 Å². The minimum Gasteiger partial charge on any atom is -0.454 e. The van der Waals surface area contributed by atoms with Gasteiger partial charge in [-0.15, -0.1) is 0 Å². The van der Waals surface area contributed by atoms with E-state index in [1.165, 1.54) is 12.1 Å². The average molecular weight is 326 g/mol. The number of carbonyl (C=O) groups is 2. The highest BCUT2D eigenvalue weighted by Crippen LogP contribution is 2.26. The quantitative estimate of drug-likeness (QED) is 0.781. The first-order chi connectivity index (χ1) is 10.4. The zero-order valence-corrected chi connectivity index (χ0v) is 12.8. The molecule has 1 atom stereocenters. The SMILES string of the molecule is NC(=O)COC(=O)C1CCCCN1S(=O)(=O)c1ccccc1. The van der Waals surface area contributed by atoms with Gasteiger partial charge in [0.05, 0.1) is 4.90 Å². The van der Waals surface area contributed by atoms with Crippen molar-refractivity contribution in [2.24, 2.45) is 5.73 Å². The number of esters is 1. The normalized spacial score (nSPS) is 19.5. The molecule has 0 aromatic heterocycles. The number of amides is 1. The molecule has 0 bridgehead atoms. The summed E-state index contributed by atoms with van der Waals surface area (Å²) >= 11 is 0. The van der Waals surface area contributed by atoms with E-state index in [4.69, 9.17) is 10.5 Å². The Morgan fingerprint density at radius 3 is 2.55 bits per heavy atom. The molecule has 1 heterocycles. The summed E-state index contributed by atoms with van der Waals surface area (Å²) in [6, 6.07) is 7.01. The van der Waals surface area contributed by atoms with Crippen LogP contribution in [0.5, 0.6) is 0 Å². The molecule has 1 aromatic carbocycles. The molecule has 1 aliphatic heterocycles. The number of hydrogen-bond donors (Lipinski definition) is 1. The number of nitrogens with two attached hydrogens (primary N) is 1. The number of nitrogens with zero attached hydrogens (tertiary/aromatic N) is 1. The molecule has 2 rings (SSSR count). The number of benzene rings is 1. The van der Waals surface area contributed by atoms with Gasteiger partial charge in [-0.25, -0.2) is 8.42 Å². The smallest absolute Gasteiger partial charge is 0.324 e. The summed E-state index contributed by atoms with van der Waals surface area (Å²) in [5, 5.41) is 0. The molecule has 120 valence electrons. The van der Waals surface area contributed by atoms with Crippen LogP contribution >= 0.6 is 0 Å². The Morgan fingerprint density at radius 2 is 1.91 bits per heavy atom. The predicted molar refractivity (Wildman–Crippen MR) is 78.1 cm³/mol. The number of sulfonamides is 1. The minimum absolute atomic E-state index is 0.129. The lowest BCUT2D eigenvalue weighted by atomic mass is 10.1. The number of hydrogen-bond acceptors (Lipinski definition) is 5. The number of carbonyl (C=O) groups excluding carboxylic acids is 2.